The van der Waals surface area contributed by atoms with Gasteiger partial charge >= 0.3 is 5.97 Å². The van der Waals surface area contributed by atoms with Crippen molar-refractivity contribution in [2.24, 2.45) is 0 Å². The highest BCUT2D eigenvalue weighted by molar-refractivity contribution is 5.92. The predicted molar refractivity (Wildman–Crippen MR) is 67.1 cm³/mol. The molecule has 2 aromatic heterocycles. The number of nitrogens with one attached hydrogen (secondary N) is 1. The molecular formula is C12H12N4O3. The van der Waals surface area contributed by atoms with Gasteiger partial charge in [0.2, 0.25) is 5.88 Å². The van der Waals surface area contributed by atoms with E-state index in [9.17, 15) is 4.79 Å². The molecule has 0 atom stereocenters. The number of ether oxygens (including phenoxy) is 1. The topological polar surface area (TPSA) is 97.2 Å². The van der Waals surface area contributed by atoms with Crippen LogP contribution in [0.4, 0.5) is 5.82 Å². The number of carboxylic acid groups (broad SMARTS) is 1. The highest BCUT2D eigenvalue weighted by Crippen LogP contribution is 2.13. The minimum Gasteiger partial charge on any atom is -0.481 e. The molecule has 0 aliphatic carbocycles. The molecule has 2 heterocycles. The number of pyridine rings is 1. The van der Waals surface area contributed by atoms with Crippen molar-refractivity contribution in [1.82, 2.24) is 15.0 Å². The van der Waals surface area contributed by atoms with Crippen molar-refractivity contribution in [2.75, 3.05) is 12.4 Å². The summed E-state index contributed by atoms with van der Waals surface area (Å²) in [6.45, 7) is 0.413. The van der Waals surface area contributed by atoms with E-state index in [0.29, 0.717) is 12.4 Å². The van der Waals surface area contributed by atoms with E-state index >= 15 is 0 Å². The monoisotopic (exact) mass is 260 g/mol. The van der Waals surface area contributed by atoms with Crippen molar-refractivity contribution in [3.05, 3.63) is 42.0 Å². The van der Waals surface area contributed by atoms with Crippen LogP contribution in [0.1, 0.15) is 15.9 Å². The van der Waals surface area contributed by atoms with Crippen LogP contribution >= 0.6 is 0 Å². The Bertz CT molecular complexity index is 589. The van der Waals surface area contributed by atoms with E-state index in [0.717, 1.165) is 5.56 Å². The van der Waals surface area contributed by atoms with Gasteiger partial charge in [-0.05, 0) is 11.6 Å². The quantitative estimate of drug-likeness (QED) is 0.833. The van der Waals surface area contributed by atoms with Crippen LogP contribution in [0.15, 0.2) is 30.9 Å². The average molecular weight is 260 g/mol. The molecule has 2 N–H and O–H groups in total. The normalized spacial score (nSPS) is 9.95. The standard InChI is InChI=1S/C12H12N4O3/c1-19-10-4-8(2-3-14-10)5-15-11-9(12(17)18)6-13-7-16-11/h2-4,6-7H,5H2,1H3,(H,17,18)(H,13,15,16). The van der Waals surface area contributed by atoms with Crippen molar-refractivity contribution < 1.29 is 14.6 Å². The van der Waals surface area contributed by atoms with E-state index in [-0.39, 0.29) is 11.4 Å². The SMILES string of the molecule is COc1cc(CNc2ncncc2C(=O)O)ccn1. The van der Waals surface area contributed by atoms with Crippen LogP contribution < -0.4 is 10.1 Å². The lowest BCUT2D eigenvalue weighted by Crippen LogP contribution is -2.09. The first-order valence-electron chi connectivity index (χ1n) is 5.47. The molecule has 0 radical (unpaired) electrons. The predicted octanol–water partition coefficient (Wildman–Crippen LogP) is 1.19. The van der Waals surface area contributed by atoms with Gasteiger partial charge in [0.1, 0.15) is 17.7 Å². The zero-order valence-electron chi connectivity index (χ0n) is 10.2. The second-order valence-corrected chi connectivity index (χ2v) is 3.65. The number of anilines is 1. The molecule has 0 fully saturated rings. The van der Waals surface area contributed by atoms with Crippen LogP contribution in [0.2, 0.25) is 0 Å². The van der Waals surface area contributed by atoms with Crippen LogP contribution in [-0.2, 0) is 6.54 Å². The number of methoxy groups -OCH3 is 1. The van der Waals surface area contributed by atoms with Crippen LogP contribution in [0.3, 0.4) is 0 Å². The molecule has 0 aliphatic heterocycles. The third-order valence-electron chi connectivity index (χ3n) is 2.41. The lowest BCUT2D eigenvalue weighted by Gasteiger charge is -2.08. The number of carbonyl (C=O) groups is 1. The Balaban J connectivity index is 2.12. The Kier molecular flexibility index (Phi) is 3.87. The summed E-state index contributed by atoms with van der Waals surface area (Å²) in [6.07, 6.45) is 4.17. The Morgan fingerprint density at radius 1 is 1.47 bits per heavy atom. The highest BCUT2D eigenvalue weighted by atomic mass is 16.5. The lowest BCUT2D eigenvalue weighted by molar-refractivity contribution is 0.0697. The summed E-state index contributed by atoms with van der Waals surface area (Å²) >= 11 is 0. The largest absolute Gasteiger partial charge is 0.481 e. The fourth-order valence-electron chi connectivity index (χ4n) is 1.48. The van der Waals surface area contributed by atoms with Gasteiger partial charge in [-0.1, -0.05) is 0 Å². The Hall–Kier alpha value is -2.70. The molecule has 2 aromatic rings. The number of aromatic carboxylic acids is 1. The van der Waals surface area contributed by atoms with Gasteiger partial charge in [-0.25, -0.2) is 19.7 Å². The third kappa shape index (κ3) is 3.15. The maximum Gasteiger partial charge on any atom is 0.341 e. The first-order chi connectivity index (χ1) is 9.20. The molecule has 0 aromatic carbocycles. The Labute approximate surface area is 109 Å². The first kappa shape index (κ1) is 12.7. The summed E-state index contributed by atoms with van der Waals surface area (Å²) in [5.41, 5.74) is 0.935. The van der Waals surface area contributed by atoms with E-state index < -0.39 is 5.97 Å². The van der Waals surface area contributed by atoms with Gasteiger partial charge in [0.15, 0.2) is 0 Å². The van der Waals surface area contributed by atoms with Gasteiger partial charge < -0.3 is 15.2 Å². The molecule has 7 heteroatoms. The smallest absolute Gasteiger partial charge is 0.341 e. The van der Waals surface area contributed by atoms with Gasteiger partial charge in [0.25, 0.3) is 0 Å². The summed E-state index contributed by atoms with van der Waals surface area (Å²) in [6, 6.07) is 3.56. The molecule has 0 bridgehead atoms. The molecule has 0 aliphatic rings. The Morgan fingerprint density at radius 2 is 2.32 bits per heavy atom. The number of rotatable bonds is 5. The molecule has 98 valence electrons. The Morgan fingerprint density at radius 3 is 3.05 bits per heavy atom. The minimum atomic E-state index is -1.07. The van der Waals surface area contributed by atoms with Crippen LogP contribution in [-0.4, -0.2) is 33.1 Å². The maximum atomic E-state index is 11.0. The summed E-state index contributed by atoms with van der Waals surface area (Å²) in [5, 5.41) is 11.9. The minimum absolute atomic E-state index is 0.0310. The van der Waals surface area contributed by atoms with E-state index in [4.69, 9.17) is 9.84 Å². The van der Waals surface area contributed by atoms with E-state index in [1.54, 1.807) is 18.3 Å². The van der Waals surface area contributed by atoms with Crippen molar-refractivity contribution in [1.29, 1.82) is 0 Å². The van der Waals surface area contributed by atoms with E-state index in [1.807, 2.05) is 0 Å². The number of carboxylic acids is 1. The zero-order valence-corrected chi connectivity index (χ0v) is 10.2. The van der Waals surface area contributed by atoms with Gasteiger partial charge in [0.05, 0.1) is 7.11 Å². The number of hydrogen-bond donors (Lipinski definition) is 2. The molecule has 0 amide bonds. The molecule has 0 spiro atoms. The molecule has 7 nitrogen and oxygen atoms in total. The number of aromatic nitrogens is 3. The average Bonchev–Trinajstić information content (AvgIpc) is 2.45. The number of nitrogens with zero attached hydrogens (tertiary/aromatic N) is 3. The van der Waals surface area contributed by atoms with Crippen molar-refractivity contribution in [3.63, 3.8) is 0 Å². The van der Waals surface area contributed by atoms with Crippen molar-refractivity contribution in [2.45, 2.75) is 6.54 Å². The first-order valence-corrected chi connectivity index (χ1v) is 5.47. The molecular weight excluding hydrogens is 248 g/mol. The maximum absolute atomic E-state index is 11.0. The molecule has 2 rings (SSSR count). The van der Waals surface area contributed by atoms with Crippen LogP contribution in [0.5, 0.6) is 5.88 Å². The van der Waals surface area contributed by atoms with Gasteiger partial charge in [-0.3, -0.25) is 0 Å². The zero-order chi connectivity index (χ0) is 13.7. The fourth-order valence-corrected chi connectivity index (χ4v) is 1.48. The van der Waals surface area contributed by atoms with Gasteiger partial charge in [-0.15, -0.1) is 0 Å². The molecule has 0 saturated carbocycles. The van der Waals surface area contributed by atoms with Crippen molar-refractivity contribution in [3.8, 4) is 5.88 Å². The summed E-state index contributed by atoms with van der Waals surface area (Å²) in [7, 11) is 1.53. The lowest BCUT2D eigenvalue weighted by atomic mass is 10.2. The van der Waals surface area contributed by atoms with Gasteiger partial charge in [-0.2, -0.15) is 0 Å². The third-order valence-corrected chi connectivity index (χ3v) is 2.41. The molecule has 0 unspecified atom stereocenters. The summed E-state index contributed by atoms with van der Waals surface area (Å²) in [4.78, 5) is 22.6. The van der Waals surface area contributed by atoms with Crippen LogP contribution in [0.25, 0.3) is 0 Å². The molecule has 0 saturated heterocycles. The summed E-state index contributed by atoms with van der Waals surface area (Å²) in [5.74, 6) is -0.297. The molecule has 19 heavy (non-hydrogen) atoms. The fraction of sp³-hybridized carbons (Fsp3) is 0.167. The van der Waals surface area contributed by atoms with Crippen molar-refractivity contribution >= 4 is 11.8 Å². The summed E-state index contributed by atoms with van der Waals surface area (Å²) < 4.78 is 5.01. The van der Waals surface area contributed by atoms with Crippen LogP contribution in [0, 0.1) is 0 Å². The second-order valence-electron chi connectivity index (χ2n) is 3.65. The highest BCUT2D eigenvalue weighted by Gasteiger charge is 2.10. The second kappa shape index (κ2) is 5.76. The van der Waals surface area contributed by atoms with E-state index in [1.165, 1.54) is 19.6 Å². The van der Waals surface area contributed by atoms with Gasteiger partial charge in [0, 0.05) is 25.0 Å². The number of hydrogen-bond acceptors (Lipinski definition) is 6. The van der Waals surface area contributed by atoms with E-state index in [2.05, 4.69) is 20.3 Å².